The van der Waals surface area contributed by atoms with Gasteiger partial charge in [-0.05, 0) is 55.0 Å². The second-order valence-corrected chi connectivity index (χ2v) is 4.92. The van der Waals surface area contributed by atoms with Gasteiger partial charge in [0.05, 0.1) is 0 Å². The molecular formula is C12H14ClN. The predicted octanol–water partition coefficient (Wildman–Crippen LogP) is 2.66. The third-order valence-corrected chi connectivity index (χ3v) is 3.98. The molecule has 1 saturated carbocycles. The molecule has 3 atom stereocenters. The van der Waals surface area contributed by atoms with Gasteiger partial charge in [0, 0.05) is 5.02 Å². The lowest BCUT2D eigenvalue weighted by atomic mass is 9.64. The van der Waals surface area contributed by atoms with Crippen LogP contribution in [0.2, 0.25) is 5.02 Å². The van der Waals surface area contributed by atoms with Gasteiger partial charge in [0.2, 0.25) is 0 Å². The molecule has 1 aromatic carbocycles. The Kier molecular flexibility index (Phi) is 2.03. The van der Waals surface area contributed by atoms with Crippen LogP contribution >= 0.6 is 11.6 Å². The van der Waals surface area contributed by atoms with Gasteiger partial charge in [-0.15, -0.1) is 0 Å². The van der Waals surface area contributed by atoms with Crippen LogP contribution in [0, 0.1) is 11.8 Å². The lowest BCUT2D eigenvalue weighted by Gasteiger charge is -2.40. The maximum Gasteiger partial charge on any atom is 0.0408 e. The van der Waals surface area contributed by atoms with E-state index in [1.54, 1.807) is 0 Å². The van der Waals surface area contributed by atoms with Crippen molar-refractivity contribution < 1.29 is 0 Å². The average Bonchev–Trinajstić information content (AvgIpc) is 2.48. The first-order valence-corrected chi connectivity index (χ1v) is 5.68. The van der Waals surface area contributed by atoms with E-state index < -0.39 is 0 Å². The smallest absolute Gasteiger partial charge is 0.0408 e. The molecule has 0 aromatic heterocycles. The van der Waals surface area contributed by atoms with Crippen molar-refractivity contribution in [2.45, 2.75) is 12.3 Å². The summed E-state index contributed by atoms with van der Waals surface area (Å²) in [5.41, 5.74) is 1.43. The second-order valence-electron chi connectivity index (χ2n) is 4.48. The van der Waals surface area contributed by atoms with Gasteiger partial charge in [-0.25, -0.2) is 0 Å². The highest BCUT2D eigenvalue weighted by Gasteiger charge is 2.44. The minimum absolute atomic E-state index is 0.758. The van der Waals surface area contributed by atoms with Crippen LogP contribution < -0.4 is 5.32 Å². The average molecular weight is 208 g/mol. The van der Waals surface area contributed by atoms with Gasteiger partial charge < -0.3 is 5.32 Å². The molecule has 0 unspecified atom stereocenters. The number of nitrogens with one attached hydrogen (secondary N) is 1. The van der Waals surface area contributed by atoms with Gasteiger partial charge in [-0.1, -0.05) is 23.7 Å². The number of fused-ring (bicyclic) bond motifs is 1. The Labute approximate surface area is 89.5 Å². The maximum atomic E-state index is 6.00. The molecule has 2 heteroatoms. The van der Waals surface area contributed by atoms with Crippen molar-refractivity contribution in [2.75, 3.05) is 13.1 Å². The standard InChI is InChI=1S/C12H14ClN/c13-10-3-1-2-8(4-10)11-5-9-6-14-7-12(9)11/h1-4,9,11-12,14H,5-7H2/t9-,11+,12+/m1/s1. The molecule has 74 valence electrons. The molecule has 2 aliphatic rings. The molecule has 0 bridgehead atoms. The molecule has 0 amide bonds. The van der Waals surface area contributed by atoms with E-state index in [2.05, 4.69) is 23.5 Å². The molecule has 1 aliphatic heterocycles. The maximum absolute atomic E-state index is 6.00. The fraction of sp³-hybridized carbons (Fsp3) is 0.500. The molecule has 3 rings (SSSR count). The number of hydrogen-bond donors (Lipinski definition) is 1. The van der Waals surface area contributed by atoms with Gasteiger partial charge in [-0.2, -0.15) is 0 Å². The third-order valence-electron chi connectivity index (χ3n) is 3.74. The van der Waals surface area contributed by atoms with Crippen LogP contribution in [-0.4, -0.2) is 13.1 Å². The first-order valence-electron chi connectivity index (χ1n) is 5.31. The largest absolute Gasteiger partial charge is 0.316 e. The summed E-state index contributed by atoms with van der Waals surface area (Å²) in [4.78, 5) is 0. The Hall–Kier alpha value is -0.530. The third kappa shape index (κ3) is 1.27. The Bertz CT molecular complexity index is 350. The predicted molar refractivity (Wildman–Crippen MR) is 58.7 cm³/mol. The minimum Gasteiger partial charge on any atom is -0.316 e. The zero-order valence-electron chi connectivity index (χ0n) is 8.04. The molecule has 1 saturated heterocycles. The van der Waals surface area contributed by atoms with Crippen molar-refractivity contribution in [3.05, 3.63) is 34.9 Å². The van der Waals surface area contributed by atoms with E-state index in [4.69, 9.17) is 11.6 Å². The van der Waals surface area contributed by atoms with Crippen molar-refractivity contribution in [3.63, 3.8) is 0 Å². The van der Waals surface area contributed by atoms with Crippen LogP contribution in [0.4, 0.5) is 0 Å². The van der Waals surface area contributed by atoms with E-state index in [1.807, 2.05) is 6.07 Å². The molecule has 1 aromatic rings. The monoisotopic (exact) mass is 207 g/mol. The Morgan fingerprint density at radius 1 is 1.29 bits per heavy atom. The Morgan fingerprint density at radius 2 is 2.21 bits per heavy atom. The van der Waals surface area contributed by atoms with E-state index in [1.165, 1.54) is 25.1 Å². The van der Waals surface area contributed by atoms with Gasteiger partial charge in [-0.3, -0.25) is 0 Å². The van der Waals surface area contributed by atoms with Gasteiger partial charge >= 0.3 is 0 Å². The highest BCUT2D eigenvalue weighted by atomic mass is 35.5. The van der Waals surface area contributed by atoms with Gasteiger partial charge in [0.15, 0.2) is 0 Å². The second kappa shape index (κ2) is 3.25. The summed E-state index contributed by atoms with van der Waals surface area (Å²) in [6.07, 6.45) is 1.35. The quantitative estimate of drug-likeness (QED) is 0.747. The Balaban J connectivity index is 1.83. The van der Waals surface area contributed by atoms with E-state index in [0.717, 1.165) is 22.8 Å². The van der Waals surface area contributed by atoms with Crippen molar-refractivity contribution in [1.82, 2.24) is 5.32 Å². The van der Waals surface area contributed by atoms with Crippen LogP contribution in [0.25, 0.3) is 0 Å². The SMILES string of the molecule is Clc1cccc([C@@H]2C[C@@H]3CNC[C@@H]32)c1. The highest BCUT2D eigenvalue weighted by molar-refractivity contribution is 6.30. The summed E-state index contributed by atoms with van der Waals surface area (Å²) in [5.74, 6) is 2.56. The lowest BCUT2D eigenvalue weighted by molar-refractivity contribution is 0.191. The zero-order chi connectivity index (χ0) is 9.54. The van der Waals surface area contributed by atoms with Gasteiger partial charge in [0.25, 0.3) is 0 Å². The van der Waals surface area contributed by atoms with Crippen molar-refractivity contribution in [3.8, 4) is 0 Å². The summed E-state index contributed by atoms with van der Waals surface area (Å²) in [5, 5.41) is 4.34. The van der Waals surface area contributed by atoms with E-state index in [0.29, 0.717) is 0 Å². The molecule has 1 heterocycles. The lowest BCUT2D eigenvalue weighted by Crippen LogP contribution is -2.33. The molecule has 1 N–H and O–H groups in total. The highest BCUT2D eigenvalue weighted by Crippen LogP contribution is 2.49. The number of halogens is 1. The number of rotatable bonds is 1. The van der Waals surface area contributed by atoms with Crippen LogP contribution in [0.3, 0.4) is 0 Å². The van der Waals surface area contributed by atoms with Gasteiger partial charge in [0.1, 0.15) is 0 Å². The summed E-state index contributed by atoms with van der Waals surface area (Å²) in [7, 11) is 0. The molecule has 2 fully saturated rings. The molecule has 1 nitrogen and oxygen atoms in total. The topological polar surface area (TPSA) is 12.0 Å². The zero-order valence-corrected chi connectivity index (χ0v) is 8.80. The van der Waals surface area contributed by atoms with Crippen molar-refractivity contribution in [2.24, 2.45) is 11.8 Å². The van der Waals surface area contributed by atoms with E-state index in [9.17, 15) is 0 Å². The Morgan fingerprint density at radius 3 is 3.00 bits per heavy atom. The van der Waals surface area contributed by atoms with E-state index in [-0.39, 0.29) is 0 Å². The molecule has 14 heavy (non-hydrogen) atoms. The molecular weight excluding hydrogens is 194 g/mol. The fourth-order valence-electron chi connectivity index (χ4n) is 2.91. The molecule has 1 aliphatic carbocycles. The minimum atomic E-state index is 0.758. The number of benzene rings is 1. The molecule has 0 spiro atoms. The van der Waals surface area contributed by atoms with Crippen LogP contribution in [-0.2, 0) is 0 Å². The summed E-state index contributed by atoms with van der Waals surface area (Å²) < 4.78 is 0. The normalized spacial score (nSPS) is 35.1. The van der Waals surface area contributed by atoms with Crippen LogP contribution in [0.5, 0.6) is 0 Å². The fourth-order valence-corrected chi connectivity index (χ4v) is 3.11. The van der Waals surface area contributed by atoms with Crippen LogP contribution in [0.15, 0.2) is 24.3 Å². The number of hydrogen-bond acceptors (Lipinski definition) is 1. The molecule has 0 radical (unpaired) electrons. The summed E-state index contributed by atoms with van der Waals surface area (Å²) in [6, 6.07) is 8.35. The van der Waals surface area contributed by atoms with Crippen molar-refractivity contribution in [1.29, 1.82) is 0 Å². The summed E-state index contributed by atoms with van der Waals surface area (Å²) >= 11 is 6.00. The first-order chi connectivity index (χ1) is 6.84. The first kappa shape index (κ1) is 8.75. The van der Waals surface area contributed by atoms with Crippen molar-refractivity contribution >= 4 is 11.6 Å². The van der Waals surface area contributed by atoms with E-state index >= 15 is 0 Å². The summed E-state index contributed by atoms with van der Waals surface area (Å²) in [6.45, 7) is 2.42. The van der Waals surface area contributed by atoms with Crippen LogP contribution in [0.1, 0.15) is 17.9 Å².